The Labute approximate surface area is 148 Å². The van der Waals surface area contributed by atoms with E-state index < -0.39 is 0 Å². The Bertz CT molecular complexity index is 854. The molecule has 0 saturated heterocycles. The lowest BCUT2D eigenvalue weighted by atomic mass is 9.79. The second-order valence-corrected chi connectivity index (χ2v) is 6.55. The number of aryl methyl sites for hydroxylation is 2. The molecule has 3 rings (SSSR count). The van der Waals surface area contributed by atoms with Crippen molar-refractivity contribution < 1.29 is 14.6 Å². The van der Waals surface area contributed by atoms with E-state index >= 15 is 0 Å². The van der Waals surface area contributed by atoms with Crippen molar-refractivity contribution in [2.24, 2.45) is 4.99 Å². The van der Waals surface area contributed by atoms with Gasteiger partial charge in [0.15, 0.2) is 0 Å². The van der Waals surface area contributed by atoms with E-state index in [0.29, 0.717) is 12.2 Å². The fraction of sp³-hybridized carbons (Fsp3) is 0.381. The molecule has 0 radical (unpaired) electrons. The lowest BCUT2D eigenvalue weighted by Crippen LogP contribution is -2.26. The molecule has 0 fully saturated rings. The average Bonchev–Trinajstić information content (AvgIpc) is 2.62. The number of rotatable bonds is 5. The molecule has 1 aliphatic heterocycles. The minimum atomic E-state index is -0.207. The number of fused-ring (bicyclic) bond motifs is 3. The molecular formula is C21H25NO3. The maximum atomic E-state index is 9.66. The zero-order valence-corrected chi connectivity index (χ0v) is 15.3. The predicted molar refractivity (Wildman–Crippen MR) is 102 cm³/mol. The molecule has 4 heteroatoms. The van der Waals surface area contributed by atoms with Gasteiger partial charge in [0.25, 0.3) is 0 Å². The molecule has 0 saturated carbocycles. The number of nitrogens with zero attached hydrogens (tertiary/aromatic N) is 1. The second-order valence-electron chi connectivity index (χ2n) is 6.55. The SMILES string of the molecule is C=C(OC)C1N=Cc2c(OC)c(C)c3cc(C)ccc3c2C1CCO. The van der Waals surface area contributed by atoms with Gasteiger partial charge in [0.05, 0.1) is 14.2 Å². The molecular weight excluding hydrogens is 314 g/mol. The monoisotopic (exact) mass is 339 g/mol. The fourth-order valence-electron chi connectivity index (χ4n) is 3.87. The maximum Gasteiger partial charge on any atom is 0.131 e. The molecule has 1 aliphatic rings. The van der Waals surface area contributed by atoms with Crippen LogP contribution < -0.4 is 4.74 Å². The molecule has 132 valence electrons. The minimum Gasteiger partial charge on any atom is -0.499 e. The summed E-state index contributed by atoms with van der Waals surface area (Å²) in [6.07, 6.45) is 2.45. The van der Waals surface area contributed by atoms with E-state index in [4.69, 9.17) is 9.47 Å². The highest BCUT2D eigenvalue weighted by Gasteiger charge is 2.33. The van der Waals surface area contributed by atoms with Gasteiger partial charge in [-0.05, 0) is 42.2 Å². The number of ether oxygens (including phenoxy) is 2. The van der Waals surface area contributed by atoms with Gasteiger partial charge in [-0.15, -0.1) is 0 Å². The normalized spacial score (nSPS) is 18.9. The third-order valence-corrected chi connectivity index (χ3v) is 5.10. The predicted octanol–water partition coefficient (Wildman–Crippen LogP) is 3.89. The summed E-state index contributed by atoms with van der Waals surface area (Å²) in [6, 6.07) is 6.26. The summed E-state index contributed by atoms with van der Waals surface area (Å²) in [5.74, 6) is 1.46. The fourth-order valence-corrected chi connectivity index (χ4v) is 3.87. The number of aliphatic hydroxyl groups excluding tert-OH is 1. The van der Waals surface area contributed by atoms with E-state index in [1.165, 1.54) is 16.3 Å². The summed E-state index contributed by atoms with van der Waals surface area (Å²) in [5.41, 5.74) is 4.47. The van der Waals surface area contributed by atoms with Crippen molar-refractivity contribution in [3.8, 4) is 5.75 Å². The zero-order chi connectivity index (χ0) is 18.1. The van der Waals surface area contributed by atoms with Gasteiger partial charge in [-0.25, -0.2) is 0 Å². The third kappa shape index (κ3) is 2.81. The van der Waals surface area contributed by atoms with Crippen LogP contribution in [0.15, 0.2) is 35.5 Å². The lowest BCUT2D eigenvalue weighted by molar-refractivity contribution is 0.232. The van der Waals surface area contributed by atoms with Crippen molar-refractivity contribution in [1.82, 2.24) is 0 Å². The number of hydrogen-bond donors (Lipinski definition) is 1. The summed E-state index contributed by atoms with van der Waals surface area (Å²) in [4.78, 5) is 4.68. The minimum absolute atomic E-state index is 0.00263. The van der Waals surface area contributed by atoms with Crippen LogP contribution in [0, 0.1) is 13.8 Å². The van der Waals surface area contributed by atoms with Crippen molar-refractivity contribution in [1.29, 1.82) is 0 Å². The molecule has 4 nitrogen and oxygen atoms in total. The number of aliphatic hydroxyl groups is 1. The van der Waals surface area contributed by atoms with Crippen molar-refractivity contribution in [2.45, 2.75) is 32.2 Å². The first-order valence-corrected chi connectivity index (χ1v) is 8.51. The molecule has 1 heterocycles. The standard InChI is InChI=1S/C21H25NO3/c1-12-6-7-15-17(10-12)13(2)21(25-5)18-11-22-20(14(3)24-4)16(8-9-23)19(15)18/h6-7,10-11,16,20,23H,3,8-9H2,1-2,4-5H3. The molecule has 1 N–H and O–H groups in total. The van der Waals surface area contributed by atoms with Gasteiger partial charge in [0.2, 0.25) is 0 Å². The molecule has 0 aromatic heterocycles. The van der Waals surface area contributed by atoms with Crippen LogP contribution in [0.1, 0.15) is 34.6 Å². The topological polar surface area (TPSA) is 51.0 Å². The van der Waals surface area contributed by atoms with E-state index in [1.807, 2.05) is 6.21 Å². The van der Waals surface area contributed by atoms with Gasteiger partial charge in [0, 0.05) is 24.3 Å². The van der Waals surface area contributed by atoms with Crippen LogP contribution in [-0.4, -0.2) is 38.2 Å². The summed E-state index contributed by atoms with van der Waals surface area (Å²) >= 11 is 0. The Kier molecular flexibility index (Phi) is 4.82. The van der Waals surface area contributed by atoms with Gasteiger partial charge >= 0.3 is 0 Å². The van der Waals surface area contributed by atoms with Crippen LogP contribution in [0.3, 0.4) is 0 Å². The van der Waals surface area contributed by atoms with Crippen LogP contribution in [-0.2, 0) is 4.74 Å². The largest absolute Gasteiger partial charge is 0.499 e. The van der Waals surface area contributed by atoms with Crippen LogP contribution in [0.25, 0.3) is 10.8 Å². The van der Waals surface area contributed by atoms with Crippen molar-refractivity contribution in [2.75, 3.05) is 20.8 Å². The van der Waals surface area contributed by atoms with Crippen LogP contribution >= 0.6 is 0 Å². The molecule has 2 aromatic carbocycles. The van der Waals surface area contributed by atoms with Gasteiger partial charge in [-0.1, -0.05) is 30.3 Å². The highest BCUT2D eigenvalue weighted by Crippen LogP contribution is 2.44. The van der Waals surface area contributed by atoms with Crippen LogP contribution in [0.4, 0.5) is 0 Å². The van der Waals surface area contributed by atoms with Crippen molar-refractivity contribution in [3.63, 3.8) is 0 Å². The number of hydrogen-bond acceptors (Lipinski definition) is 4. The number of benzene rings is 2. The Morgan fingerprint density at radius 2 is 2.00 bits per heavy atom. The summed E-state index contributed by atoms with van der Waals surface area (Å²) in [6.45, 7) is 8.26. The van der Waals surface area contributed by atoms with Gasteiger partial charge < -0.3 is 14.6 Å². The molecule has 0 aliphatic carbocycles. The Balaban J connectivity index is 2.36. The van der Waals surface area contributed by atoms with E-state index in [-0.39, 0.29) is 18.6 Å². The highest BCUT2D eigenvalue weighted by molar-refractivity contribution is 6.01. The molecule has 0 amide bonds. The van der Waals surface area contributed by atoms with E-state index in [0.717, 1.165) is 22.4 Å². The van der Waals surface area contributed by atoms with E-state index in [1.54, 1.807) is 14.2 Å². The number of aliphatic imine (C=N–C) groups is 1. The first-order valence-electron chi connectivity index (χ1n) is 8.51. The highest BCUT2D eigenvalue weighted by atomic mass is 16.5. The molecule has 0 bridgehead atoms. The van der Waals surface area contributed by atoms with Crippen LogP contribution in [0.2, 0.25) is 0 Å². The zero-order valence-electron chi connectivity index (χ0n) is 15.3. The average molecular weight is 339 g/mol. The Morgan fingerprint density at radius 3 is 2.64 bits per heavy atom. The van der Waals surface area contributed by atoms with Gasteiger partial charge in [-0.2, -0.15) is 0 Å². The smallest absolute Gasteiger partial charge is 0.131 e. The van der Waals surface area contributed by atoms with Crippen molar-refractivity contribution >= 4 is 17.0 Å². The molecule has 2 atom stereocenters. The summed E-state index contributed by atoms with van der Waals surface area (Å²) in [5, 5.41) is 12.0. The van der Waals surface area contributed by atoms with Gasteiger partial charge in [0.1, 0.15) is 17.6 Å². The number of methoxy groups -OCH3 is 2. The molecule has 2 unspecified atom stereocenters. The van der Waals surface area contributed by atoms with Gasteiger partial charge in [-0.3, -0.25) is 4.99 Å². The van der Waals surface area contributed by atoms with E-state index in [9.17, 15) is 5.11 Å². The third-order valence-electron chi connectivity index (χ3n) is 5.10. The maximum absolute atomic E-state index is 9.66. The molecule has 2 aromatic rings. The first-order chi connectivity index (χ1) is 12.0. The second kappa shape index (κ2) is 6.89. The summed E-state index contributed by atoms with van der Waals surface area (Å²) in [7, 11) is 3.31. The van der Waals surface area contributed by atoms with Crippen LogP contribution in [0.5, 0.6) is 5.75 Å². The Morgan fingerprint density at radius 1 is 1.24 bits per heavy atom. The first kappa shape index (κ1) is 17.5. The lowest BCUT2D eigenvalue weighted by Gasteiger charge is -2.32. The summed E-state index contributed by atoms with van der Waals surface area (Å²) < 4.78 is 11.1. The quantitative estimate of drug-likeness (QED) is 0.841. The Hall–Kier alpha value is -2.33. The molecule has 25 heavy (non-hydrogen) atoms. The van der Waals surface area contributed by atoms with Crippen molar-refractivity contribution in [3.05, 3.63) is 52.8 Å². The molecule has 0 spiro atoms. The van der Waals surface area contributed by atoms with E-state index in [2.05, 4.69) is 43.6 Å².